The van der Waals surface area contributed by atoms with E-state index in [0.717, 1.165) is 5.56 Å². The fraction of sp³-hybridized carbons (Fsp3) is 0.161. The van der Waals surface area contributed by atoms with Gasteiger partial charge < -0.3 is 14.8 Å². The van der Waals surface area contributed by atoms with E-state index in [1.54, 1.807) is 51.1 Å². The fourth-order valence-electron chi connectivity index (χ4n) is 3.88. The van der Waals surface area contributed by atoms with E-state index < -0.39 is 29.2 Å². The molecule has 4 aromatic rings. The lowest BCUT2D eigenvalue weighted by atomic mass is 10.0. The van der Waals surface area contributed by atoms with E-state index in [-0.39, 0.29) is 34.7 Å². The van der Waals surface area contributed by atoms with E-state index in [4.69, 9.17) is 9.47 Å². The average molecular weight is 542 g/mol. The largest absolute Gasteiger partial charge is 0.444 e. The first kappa shape index (κ1) is 27.9. The number of nitriles is 1. The van der Waals surface area contributed by atoms with Gasteiger partial charge in [-0.05, 0) is 61.7 Å². The summed E-state index contributed by atoms with van der Waals surface area (Å²) in [5, 5.41) is 12.3. The second-order valence-corrected chi connectivity index (χ2v) is 9.83. The van der Waals surface area contributed by atoms with Crippen LogP contribution in [-0.4, -0.2) is 23.0 Å². The van der Waals surface area contributed by atoms with Crippen molar-refractivity contribution in [2.24, 2.45) is 0 Å². The van der Waals surface area contributed by atoms with Gasteiger partial charge in [-0.3, -0.25) is 4.79 Å². The van der Waals surface area contributed by atoms with Crippen LogP contribution >= 0.6 is 0 Å². The molecule has 1 heterocycles. The summed E-state index contributed by atoms with van der Waals surface area (Å²) in [4.78, 5) is 27.5. The molecule has 0 spiro atoms. The zero-order valence-electron chi connectivity index (χ0n) is 22.0. The lowest BCUT2D eigenvalue weighted by molar-refractivity contribution is 0.0523. The molecule has 0 bridgehead atoms. The maximum Gasteiger partial charge on any atom is 0.407 e. The van der Waals surface area contributed by atoms with Crippen molar-refractivity contribution in [3.8, 4) is 40.1 Å². The van der Waals surface area contributed by atoms with Crippen LogP contribution in [0.15, 0.2) is 72.8 Å². The van der Waals surface area contributed by atoms with Crippen molar-refractivity contribution in [2.45, 2.75) is 32.9 Å². The maximum atomic E-state index is 14.7. The van der Waals surface area contributed by atoms with E-state index in [0.29, 0.717) is 23.5 Å². The van der Waals surface area contributed by atoms with Crippen LogP contribution < -0.4 is 10.1 Å². The number of rotatable bonds is 7. The van der Waals surface area contributed by atoms with Gasteiger partial charge in [0.25, 0.3) is 5.88 Å². The molecule has 1 N–H and O–H groups in total. The van der Waals surface area contributed by atoms with Crippen molar-refractivity contribution in [3.05, 3.63) is 101 Å². The molecule has 1 aromatic heterocycles. The zero-order valence-corrected chi connectivity index (χ0v) is 22.0. The molecule has 0 unspecified atom stereocenters. The van der Waals surface area contributed by atoms with Crippen LogP contribution in [0.5, 0.6) is 11.6 Å². The minimum atomic E-state index is -1.05. The summed E-state index contributed by atoms with van der Waals surface area (Å²) >= 11 is 0. The Hall–Kier alpha value is -5.10. The van der Waals surface area contributed by atoms with E-state index in [9.17, 15) is 23.6 Å². The van der Waals surface area contributed by atoms with Crippen molar-refractivity contribution in [1.29, 1.82) is 5.26 Å². The number of halogens is 2. The first-order valence-electron chi connectivity index (χ1n) is 12.3. The van der Waals surface area contributed by atoms with E-state index >= 15 is 0 Å². The van der Waals surface area contributed by atoms with Crippen molar-refractivity contribution < 1.29 is 27.8 Å². The van der Waals surface area contributed by atoms with Crippen molar-refractivity contribution in [3.63, 3.8) is 0 Å². The Labute approximate surface area is 230 Å². The Kier molecular flexibility index (Phi) is 8.20. The average Bonchev–Trinajstić information content (AvgIpc) is 2.92. The number of hydrogen-bond acceptors (Lipinski definition) is 6. The number of carbonyl (C=O) groups excluding carboxylic acids is 2. The number of nitrogens with zero attached hydrogens (tertiary/aromatic N) is 2. The number of carbonyl (C=O) groups is 2. The third kappa shape index (κ3) is 6.85. The lowest BCUT2D eigenvalue weighted by Crippen LogP contribution is -2.32. The van der Waals surface area contributed by atoms with Gasteiger partial charge in [0.2, 0.25) is 0 Å². The highest BCUT2D eigenvalue weighted by molar-refractivity contribution is 5.86. The smallest absolute Gasteiger partial charge is 0.407 e. The van der Waals surface area contributed by atoms with Gasteiger partial charge in [0.05, 0.1) is 11.6 Å². The van der Waals surface area contributed by atoms with Crippen LogP contribution in [0, 0.1) is 23.0 Å². The molecule has 0 aliphatic heterocycles. The summed E-state index contributed by atoms with van der Waals surface area (Å²) in [6.07, 6.45) is 0.00389. The molecule has 7 nitrogen and oxygen atoms in total. The Morgan fingerprint density at radius 3 is 2.50 bits per heavy atom. The van der Waals surface area contributed by atoms with Gasteiger partial charge in [0, 0.05) is 23.7 Å². The number of alkyl carbamates (subject to hydrolysis) is 1. The van der Waals surface area contributed by atoms with Crippen LogP contribution in [0.4, 0.5) is 13.6 Å². The second kappa shape index (κ2) is 11.7. The van der Waals surface area contributed by atoms with Crippen LogP contribution in [0.2, 0.25) is 0 Å². The Morgan fingerprint density at radius 1 is 1.00 bits per heavy atom. The third-order valence-corrected chi connectivity index (χ3v) is 5.59. The fourth-order valence-corrected chi connectivity index (χ4v) is 3.88. The van der Waals surface area contributed by atoms with E-state index in [1.165, 1.54) is 18.2 Å². The summed E-state index contributed by atoms with van der Waals surface area (Å²) in [5.74, 6) is -2.43. The first-order valence-corrected chi connectivity index (χ1v) is 12.3. The predicted molar refractivity (Wildman–Crippen MR) is 145 cm³/mol. The maximum absolute atomic E-state index is 14.7. The van der Waals surface area contributed by atoms with E-state index in [2.05, 4.69) is 10.3 Å². The number of aldehydes is 1. The summed E-state index contributed by atoms with van der Waals surface area (Å²) in [6, 6.07) is 20.8. The summed E-state index contributed by atoms with van der Waals surface area (Å²) < 4.78 is 40.3. The van der Waals surface area contributed by atoms with Crippen molar-refractivity contribution in [2.75, 3.05) is 0 Å². The molecular weight excluding hydrogens is 516 g/mol. The van der Waals surface area contributed by atoms with Gasteiger partial charge in [-0.1, -0.05) is 42.5 Å². The molecule has 0 saturated heterocycles. The van der Waals surface area contributed by atoms with Gasteiger partial charge in [0.15, 0.2) is 17.9 Å². The number of amides is 1. The van der Waals surface area contributed by atoms with Crippen molar-refractivity contribution in [1.82, 2.24) is 10.3 Å². The molecule has 0 fully saturated rings. The molecule has 4 rings (SSSR count). The molecule has 40 heavy (non-hydrogen) atoms. The standard InChI is InChI=1S/C31H25F2N3O4/c1-31(2,3)40-30(38)35-17-19-7-6-9-21(11-19)23-12-20(16-34)13-24(14-23)39-29-27(33)15-26(32)28(36-29)25-10-5-4-8-22(25)18-37/h4-15,18H,17H2,1-3H3,(H,35,38). The number of hydrogen-bond donors (Lipinski definition) is 1. The van der Waals surface area contributed by atoms with Gasteiger partial charge in [-0.25, -0.2) is 18.6 Å². The quantitative estimate of drug-likeness (QED) is 0.248. The first-order chi connectivity index (χ1) is 19.1. The Bertz CT molecular complexity index is 1620. The van der Waals surface area contributed by atoms with Gasteiger partial charge in [-0.2, -0.15) is 5.26 Å². The van der Waals surface area contributed by atoms with E-state index in [1.807, 2.05) is 24.3 Å². The molecule has 0 saturated carbocycles. The highest BCUT2D eigenvalue weighted by atomic mass is 19.1. The molecule has 0 atom stereocenters. The molecular formula is C31H25F2N3O4. The SMILES string of the molecule is CC(C)(C)OC(=O)NCc1cccc(-c2cc(C#N)cc(Oc3nc(-c4ccccc4C=O)c(F)cc3F)c2)c1. The molecule has 202 valence electrons. The predicted octanol–water partition coefficient (Wildman–Crippen LogP) is 7.19. The highest BCUT2D eigenvalue weighted by Gasteiger charge is 2.19. The molecule has 3 aromatic carbocycles. The van der Waals surface area contributed by atoms with Gasteiger partial charge in [-0.15, -0.1) is 0 Å². The van der Waals surface area contributed by atoms with Crippen LogP contribution in [0.25, 0.3) is 22.4 Å². The highest BCUT2D eigenvalue weighted by Crippen LogP contribution is 2.33. The van der Waals surface area contributed by atoms with Crippen LogP contribution in [0.3, 0.4) is 0 Å². The summed E-state index contributed by atoms with van der Waals surface area (Å²) in [6.45, 7) is 5.52. The molecule has 0 aliphatic rings. The zero-order chi connectivity index (χ0) is 28.9. The topological polar surface area (TPSA) is 101 Å². The van der Waals surface area contributed by atoms with Crippen molar-refractivity contribution >= 4 is 12.4 Å². The van der Waals surface area contributed by atoms with Gasteiger partial charge >= 0.3 is 6.09 Å². The minimum absolute atomic E-state index is 0.0963. The minimum Gasteiger partial charge on any atom is -0.444 e. The molecule has 1 amide bonds. The third-order valence-electron chi connectivity index (χ3n) is 5.59. The number of pyridine rings is 1. The number of ether oxygens (including phenoxy) is 2. The lowest BCUT2D eigenvalue weighted by Gasteiger charge is -2.19. The van der Waals surface area contributed by atoms with Crippen LogP contribution in [-0.2, 0) is 11.3 Å². The molecule has 0 radical (unpaired) electrons. The number of nitrogens with one attached hydrogen (secondary N) is 1. The second-order valence-electron chi connectivity index (χ2n) is 9.83. The molecule has 0 aliphatic carbocycles. The van der Waals surface area contributed by atoms with Gasteiger partial charge in [0.1, 0.15) is 17.0 Å². The normalized spacial score (nSPS) is 10.9. The van der Waals surface area contributed by atoms with Crippen LogP contribution in [0.1, 0.15) is 42.3 Å². The monoisotopic (exact) mass is 541 g/mol. The number of aromatic nitrogens is 1. The summed E-state index contributed by atoms with van der Waals surface area (Å²) in [5.41, 5.74) is 1.79. The number of benzene rings is 3. The Morgan fingerprint density at radius 2 is 1.77 bits per heavy atom. The summed E-state index contributed by atoms with van der Waals surface area (Å²) in [7, 11) is 0. The molecule has 9 heteroatoms. The Balaban J connectivity index is 1.64.